The molecule has 10 heteroatoms. The van der Waals surface area contributed by atoms with E-state index in [4.69, 9.17) is 11.6 Å². The van der Waals surface area contributed by atoms with Crippen molar-refractivity contribution in [3.05, 3.63) is 97.5 Å². The second kappa shape index (κ2) is 8.80. The molecule has 0 aliphatic heterocycles. The predicted molar refractivity (Wildman–Crippen MR) is 118 cm³/mol. The van der Waals surface area contributed by atoms with Crippen molar-refractivity contribution in [1.29, 1.82) is 0 Å². The maximum Gasteiger partial charge on any atom is 0.332 e. The van der Waals surface area contributed by atoms with Crippen LogP contribution in [0.3, 0.4) is 0 Å². The summed E-state index contributed by atoms with van der Waals surface area (Å²) < 4.78 is 16.8. The largest absolute Gasteiger partial charge is 0.350 e. The second-order valence-electron chi connectivity index (χ2n) is 7.33. The molecule has 0 saturated carbocycles. The molecule has 0 spiro atoms. The number of nitrogens with one attached hydrogen (secondary N) is 1. The van der Waals surface area contributed by atoms with E-state index in [-0.39, 0.29) is 30.7 Å². The molecule has 0 aliphatic carbocycles. The van der Waals surface area contributed by atoms with Crippen LogP contribution in [-0.2, 0) is 31.5 Å². The highest BCUT2D eigenvalue weighted by Gasteiger charge is 2.18. The Kier molecular flexibility index (Phi) is 5.91. The smallest absolute Gasteiger partial charge is 0.332 e. The van der Waals surface area contributed by atoms with Gasteiger partial charge in [-0.25, -0.2) is 9.18 Å². The average molecular weight is 456 g/mol. The Bertz CT molecular complexity index is 1410. The van der Waals surface area contributed by atoms with Gasteiger partial charge in [0.1, 0.15) is 12.4 Å². The van der Waals surface area contributed by atoms with Gasteiger partial charge in [0.25, 0.3) is 5.56 Å². The number of benzene rings is 2. The van der Waals surface area contributed by atoms with E-state index in [9.17, 15) is 18.8 Å². The van der Waals surface area contributed by atoms with Crippen molar-refractivity contribution in [2.45, 2.75) is 19.6 Å². The van der Waals surface area contributed by atoms with Crippen molar-refractivity contribution < 1.29 is 9.18 Å². The lowest BCUT2D eigenvalue weighted by atomic mass is 10.2. The molecular formula is C22H19ClFN5O3. The maximum absolute atomic E-state index is 13.2. The molecule has 4 aromatic rings. The molecule has 1 amide bonds. The lowest BCUT2D eigenvalue weighted by molar-refractivity contribution is -0.121. The molecule has 4 rings (SSSR count). The predicted octanol–water partition coefficient (Wildman–Crippen LogP) is 2.05. The van der Waals surface area contributed by atoms with Crippen molar-refractivity contribution >= 4 is 28.5 Å². The zero-order valence-electron chi connectivity index (χ0n) is 17.1. The van der Waals surface area contributed by atoms with Crippen LogP contribution in [0.5, 0.6) is 0 Å². The van der Waals surface area contributed by atoms with Crippen LogP contribution in [0.2, 0.25) is 5.02 Å². The lowest BCUT2D eigenvalue weighted by Crippen LogP contribution is -2.42. The van der Waals surface area contributed by atoms with E-state index in [0.29, 0.717) is 10.6 Å². The molecule has 8 nitrogen and oxygen atoms in total. The number of aryl methyl sites for hydroxylation is 1. The summed E-state index contributed by atoms with van der Waals surface area (Å²) in [6, 6.07) is 12.5. The van der Waals surface area contributed by atoms with Crippen LogP contribution in [0, 0.1) is 5.82 Å². The van der Waals surface area contributed by atoms with E-state index in [0.717, 1.165) is 10.1 Å². The molecule has 0 bridgehead atoms. The van der Waals surface area contributed by atoms with E-state index in [1.54, 1.807) is 31.3 Å². The number of rotatable bonds is 6. The fourth-order valence-corrected chi connectivity index (χ4v) is 3.48. The van der Waals surface area contributed by atoms with Crippen molar-refractivity contribution in [3.8, 4) is 0 Å². The number of fused-ring (bicyclic) bond motifs is 1. The van der Waals surface area contributed by atoms with Crippen LogP contribution in [0.25, 0.3) is 11.0 Å². The van der Waals surface area contributed by atoms with Gasteiger partial charge < -0.3 is 5.32 Å². The number of amides is 1. The molecule has 32 heavy (non-hydrogen) atoms. The zero-order chi connectivity index (χ0) is 22.8. The minimum atomic E-state index is -0.651. The Morgan fingerprint density at radius 3 is 2.38 bits per heavy atom. The fraction of sp³-hybridized carbons (Fsp3) is 0.182. The summed E-state index contributed by atoms with van der Waals surface area (Å²) in [5, 5.41) is 7.51. The molecule has 164 valence electrons. The van der Waals surface area contributed by atoms with E-state index < -0.39 is 23.0 Å². The second-order valence-corrected chi connectivity index (χ2v) is 7.76. The third kappa shape index (κ3) is 4.47. The van der Waals surface area contributed by atoms with Crippen LogP contribution in [-0.4, -0.2) is 24.8 Å². The van der Waals surface area contributed by atoms with E-state index >= 15 is 0 Å². The summed E-state index contributed by atoms with van der Waals surface area (Å²) in [7, 11) is 1.62. The molecule has 2 aromatic carbocycles. The number of carbonyl (C=O) groups is 1. The van der Waals surface area contributed by atoms with Crippen LogP contribution < -0.4 is 16.6 Å². The van der Waals surface area contributed by atoms with Gasteiger partial charge in [-0.05, 0) is 35.4 Å². The molecule has 1 N–H and O–H groups in total. The molecular weight excluding hydrogens is 437 g/mol. The van der Waals surface area contributed by atoms with Gasteiger partial charge in [-0.2, -0.15) is 5.10 Å². The molecule has 0 atom stereocenters. The highest BCUT2D eigenvalue weighted by molar-refractivity contribution is 6.30. The van der Waals surface area contributed by atoms with E-state index in [1.807, 2.05) is 0 Å². The Balaban J connectivity index is 1.66. The summed E-state index contributed by atoms with van der Waals surface area (Å²) in [5.41, 5.74) is 0.524. The third-order valence-corrected chi connectivity index (χ3v) is 5.22. The minimum Gasteiger partial charge on any atom is -0.350 e. The van der Waals surface area contributed by atoms with Crippen molar-refractivity contribution in [3.63, 3.8) is 0 Å². The van der Waals surface area contributed by atoms with Crippen molar-refractivity contribution in [2.24, 2.45) is 7.05 Å². The van der Waals surface area contributed by atoms with Gasteiger partial charge in [0, 0.05) is 24.8 Å². The minimum absolute atomic E-state index is 0.0692. The van der Waals surface area contributed by atoms with Gasteiger partial charge in [-0.15, -0.1) is 0 Å². The van der Waals surface area contributed by atoms with Crippen molar-refractivity contribution in [2.75, 3.05) is 0 Å². The highest BCUT2D eigenvalue weighted by atomic mass is 35.5. The standard InChI is InChI=1S/C22H19ClFN5O3/c1-27-12-18-20(26-27)21(31)29(11-15-4-8-17(24)9-5-15)22(32)28(18)13-19(30)25-10-14-2-6-16(23)7-3-14/h2-9,12H,10-11,13H2,1H3,(H,25,30). The average Bonchev–Trinajstić information content (AvgIpc) is 3.17. The fourth-order valence-electron chi connectivity index (χ4n) is 3.36. The lowest BCUT2D eigenvalue weighted by Gasteiger charge is -2.12. The van der Waals surface area contributed by atoms with Crippen LogP contribution in [0.15, 0.2) is 64.3 Å². The van der Waals surface area contributed by atoms with Crippen molar-refractivity contribution in [1.82, 2.24) is 24.2 Å². The summed E-state index contributed by atoms with van der Waals surface area (Å²) in [5.74, 6) is -0.824. The quantitative estimate of drug-likeness (QED) is 0.482. The monoisotopic (exact) mass is 455 g/mol. The zero-order valence-corrected chi connectivity index (χ0v) is 17.8. The molecule has 0 radical (unpaired) electrons. The van der Waals surface area contributed by atoms with Crippen LogP contribution in [0.1, 0.15) is 11.1 Å². The Morgan fingerprint density at radius 2 is 1.69 bits per heavy atom. The van der Waals surface area contributed by atoms with Crippen LogP contribution >= 0.6 is 11.6 Å². The van der Waals surface area contributed by atoms with E-state index in [2.05, 4.69) is 10.4 Å². The Hall–Kier alpha value is -3.72. The summed E-state index contributed by atoms with van der Waals surface area (Å²) in [6.45, 7) is -0.106. The topological polar surface area (TPSA) is 90.9 Å². The number of aromatic nitrogens is 4. The van der Waals surface area contributed by atoms with E-state index in [1.165, 1.54) is 39.7 Å². The van der Waals surface area contributed by atoms with Gasteiger partial charge in [0.2, 0.25) is 5.91 Å². The number of nitrogens with zero attached hydrogens (tertiary/aromatic N) is 4. The van der Waals surface area contributed by atoms with Gasteiger partial charge in [0.15, 0.2) is 5.52 Å². The van der Waals surface area contributed by atoms with Gasteiger partial charge >= 0.3 is 5.69 Å². The Morgan fingerprint density at radius 1 is 1.03 bits per heavy atom. The first kappa shape index (κ1) is 21.5. The first-order chi connectivity index (χ1) is 15.3. The van der Waals surface area contributed by atoms with Crippen LogP contribution in [0.4, 0.5) is 4.39 Å². The number of carbonyl (C=O) groups excluding carboxylic acids is 1. The SMILES string of the molecule is Cn1cc2c(n1)c(=O)n(Cc1ccc(F)cc1)c(=O)n2CC(=O)NCc1ccc(Cl)cc1. The molecule has 0 aliphatic rings. The maximum atomic E-state index is 13.2. The third-order valence-electron chi connectivity index (χ3n) is 4.97. The Labute approximate surface area is 186 Å². The number of halogens is 2. The summed E-state index contributed by atoms with van der Waals surface area (Å²) in [6.07, 6.45) is 1.52. The molecule has 0 unspecified atom stereocenters. The molecule has 2 heterocycles. The first-order valence-electron chi connectivity index (χ1n) is 9.74. The van der Waals surface area contributed by atoms with Gasteiger partial charge in [0.05, 0.1) is 12.1 Å². The number of hydrogen-bond donors (Lipinski definition) is 1. The normalized spacial score (nSPS) is 11.1. The molecule has 0 fully saturated rings. The van der Waals surface area contributed by atoms with Gasteiger partial charge in [-0.3, -0.25) is 23.4 Å². The highest BCUT2D eigenvalue weighted by Crippen LogP contribution is 2.10. The summed E-state index contributed by atoms with van der Waals surface area (Å²) in [4.78, 5) is 38.6. The molecule has 2 aromatic heterocycles. The van der Waals surface area contributed by atoms with Gasteiger partial charge in [-0.1, -0.05) is 35.9 Å². The molecule has 0 saturated heterocycles. The first-order valence-corrected chi connectivity index (χ1v) is 10.1. The number of hydrogen-bond acceptors (Lipinski definition) is 4. The summed E-state index contributed by atoms with van der Waals surface area (Å²) >= 11 is 5.87.